The Labute approximate surface area is 169 Å². The van der Waals surface area contributed by atoms with Crippen LogP contribution >= 0.6 is 11.8 Å². The summed E-state index contributed by atoms with van der Waals surface area (Å²) in [6.45, 7) is 0.261. The predicted octanol–water partition coefficient (Wildman–Crippen LogP) is 3.34. The second-order valence-corrected chi connectivity index (χ2v) is 7.32. The summed E-state index contributed by atoms with van der Waals surface area (Å²) >= 11 is 1.60. The molecule has 0 saturated heterocycles. The maximum absolute atomic E-state index is 13.4. The van der Waals surface area contributed by atoms with Crippen molar-refractivity contribution in [1.82, 2.24) is 10.2 Å². The van der Waals surface area contributed by atoms with Crippen LogP contribution in [0.4, 0.5) is 4.39 Å². The van der Waals surface area contributed by atoms with E-state index < -0.39 is 6.04 Å². The number of hydrogen-bond acceptors (Lipinski definition) is 4. The van der Waals surface area contributed by atoms with E-state index in [9.17, 15) is 14.0 Å². The molecule has 150 valence electrons. The minimum Gasteiger partial charge on any atom is -0.496 e. The molecule has 0 fully saturated rings. The zero-order valence-corrected chi connectivity index (χ0v) is 17.1. The van der Waals surface area contributed by atoms with Crippen LogP contribution < -0.4 is 10.1 Å². The van der Waals surface area contributed by atoms with Crippen LogP contribution in [0, 0.1) is 5.82 Å². The number of rotatable bonds is 9. The first-order chi connectivity index (χ1) is 13.5. The fourth-order valence-electron chi connectivity index (χ4n) is 2.81. The van der Waals surface area contributed by atoms with Gasteiger partial charge in [0.25, 0.3) is 5.91 Å². The Balaban J connectivity index is 2.12. The lowest BCUT2D eigenvalue weighted by molar-refractivity contribution is -0.132. The van der Waals surface area contributed by atoms with E-state index in [4.69, 9.17) is 4.74 Å². The van der Waals surface area contributed by atoms with Gasteiger partial charge in [0.15, 0.2) is 0 Å². The molecule has 0 heterocycles. The predicted molar refractivity (Wildman–Crippen MR) is 110 cm³/mol. The molecular weight excluding hydrogens is 379 g/mol. The van der Waals surface area contributed by atoms with E-state index in [2.05, 4.69) is 5.32 Å². The van der Waals surface area contributed by atoms with Crippen molar-refractivity contribution in [3.8, 4) is 5.75 Å². The summed E-state index contributed by atoms with van der Waals surface area (Å²) in [5.41, 5.74) is 1.07. The van der Waals surface area contributed by atoms with Crippen molar-refractivity contribution in [2.75, 3.05) is 26.2 Å². The van der Waals surface area contributed by atoms with Crippen molar-refractivity contribution >= 4 is 23.6 Å². The first kappa shape index (κ1) is 21.8. The van der Waals surface area contributed by atoms with Crippen LogP contribution in [0.25, 0.3) is 0 Å². The van der Waals surface area contributed by atoms with Crippen LogP contribution in [0.2, 0.25) is 0 Å². The minimum atomic E-state index is -0.677. The summed E-state index contributed by atoms with van der Waals surface area (Å²) in [7, 11) is 3.14. The quantitative estimate of drug-likeness (QED) is 0.696. The van der Waals surface area contributed by atoms with Crippen LogP contribution in [0.5, 0.6) is 5.75 Å². The molecule has 0 aliphatic rings. The summed E-state index contributed by atoms with van der Waals surface area (Å²) in [5.74, 6) is 0.236. The Bertz CT molecular complexity index is 816. The average molecular weight is 405 g/mol. The molecule has 1 atom stereocenters. The number of nitrogens with one attached hydrogen (secondary N) is 1. The molecule has 1 N–H and O–H groups in total. The second kappa shape index (κ2) is 10.7. The van der Waals surface area contributed by atoms with Gasteiger partial charge in [-0.3, -0.25) is 9.59 Å². The molecule has 2 aromatic rings. The normalized spacial score (nSPS) is 11.6. The number of ether oxygens (including phenoxy) is 1. The standard InChI is InChI=1S/C21H25FN2O3S/c1-24(14-15-7-6-8-16(22)13-15)21(26)18(11-12-28-3)23-20(25)17-9-4-5-10-19(17)27-2/h4-10,13,18H,11-12,14H2,1-3H3,(H,23,25). The number of carbonyl (C=O) groups excluding carboxylic acids is 2. The highest BCUT2D eigenvalue weighted by Crippen LogP contribution is 2.18. The summed E-state index contributed by atoms with van der Waals surface area (Å²) in [4.78, 5) is 27.1. The summed E-state index contributed by atoms with van der Waals surface area (Å²) in [6.07, 6.45) is 2.44. The molecule has 0 bridgehead atoms. The van der Waals surface area contributed by atoms with Crippen molar-refractivity contribution in [1.29, 1.82) is 0 Å². The number of nitrogens with zero attached hydrogens (tertiary/aromatic N) is 1. The zero-order valence-electron chi connectivity index (χ0n) is 16.3. The molecule has 0 spiro atoms. The van der Waals surface area contributed by atoms with E-state index in [0.29, 0.717) is 23.3 Å². The van der Waals surface area contributed by atoms with Gasteiger partial charge >= 0.3 is 0 Å². The van der Waals surface area contributed by atoms with Crippen LogP contribution in [-0.4, -0.2) is 48.9 Å². The second-order valence-electron chi connectivity index (χ2n) is 6.33. The van der Waals surface area contributed by atoms with E-state index in [0.717, 1.165) is 5.75 Å². The number of amides is 2. The third kappa shape index (κ3) is 5.99. The average Bonchev–Trinajstić information content (AvgIpc) is 2.70. The molecule has 2 amide bonds. The molecule has 1 unspecified atom stereocenters. The number of likely N-dealkylation sites (N-methyl/N-ethyl adjacent to an activating group) is 1. The van der Waals surface area contributed by atoms with Crippen LogP contribution in [-0.2, 0) is 11.3 Å². The summed E-state index contributed by atoms with van der Waals surface area (Å²) < 4.78 is 18.6. The van der Waals surface area contributed by atoms with Crippen LogP contribution in [0.1, 0.15) is 22.3 Å². The van der Waals surface area contributed by atoms with Gasteiger partial charge < -0.3 is 15.0 Å². The Kier molecular flexibility index (Phi) is 8.32. The molecule has 7 heteroatoms. The molecule has 0 aromatic heterocycles. The van der Waals surface area contributed by atoms with Gasteiger partial charge in [-0.15, -0.1) is 0 Å². The molecule has 0 saturated carbocycles. The fraction of sp³-hybridized carbons (Fsp3) is 0.333. The van der Waals surface area contributed by atoms with Gasteiger partial charge in [-0.25, -0.2) is 4.39 Å². The van der Waals surface area contributed by atoms with Gasteiger partial charge in [0, 0.05) is 13.6 Å². The topological polar surface area (TPSA) is 58.6 Å². The van der Waals surface area contributed by atoms with E-state index in [1.807, 2.05) is 6.26 Å². The van der Waals surface area contributed by atoms with Gasteiger partial charge in [0.1, 0.15) is 17.6 Å². The van der Waals surface area contributed by atoms with Gasteiger partial charge in [0.2, 0.25) is 5.91 Å². The van der Waals surface area contributed by atoms with Gasteiger partial charge in [-0.1, -0.05) is 24.3 Å². The first-order valence-electron chi connectivity index (χ1n) is 8.88. The van der Waals surface area contributed by atoms with Crippen molar-refractivity contribution in [2.24, 2.45) is 0 Å². The smallest absolute Gasteiger partial charge is 0.255 e. The minimum absolute atomic E-state index is 0.221. The van der Waals surface area contributed by atoms with Gasteiger partial charge in [-0.05, 0) is 48.3 Å². The van der Waals surface area contributed by atoms with E-state index in [-0.39, 0.29) is 24.2 Å². The Morgan fingerprint density at radius 1 is 1.21 bits per heavy atom. The van der Waals surface area contributed by atoms with E-state index >= 15 is 0 Å². The molecule has 2 rings (SSSR count). The number of benzene rings is 2. The maximum atomic E-state index is 13.4. The Morgan fingerprint density at radius 2 is 1.96 bits per heavy atom. The van der Waals surface area contributed by atoms with E-state index in [1.54, 1.807) is 55.2 Å². The molecule has 0 radical (unpaired) electrons. The third-order valence-corrected chi connectivity index (χ3v) is 4.89. The van der Waals surface area contributed by atoms with Crippen LogP contribution in [0.15, 0.2) is 48.5 Å². The molecule has 5 nitrogen and oxygen atoms in total. The number of methoxy groups -OCH3 is 1. The maximum Gasteiger partial charge on any atom is 0.255 e. The molecule has 2 aromatic carbocycles. The lowest BCUT2D eigenvalue weighted by atomic mass is 10.1. The fourth-order valence-corrected chi connectivity index (χ4v) is 3.29. The highest BCUT2D eigenvalue weighted by atomic mass is 32.2. The largest absolute Gasteiger partial charge is 0.496 e. The van der Waals surface area contributed by atoms with Crippen molar-refractivity contribution in [3.05, 3.63) is 65.5 Å². The zero-order chi connectivity index (χ0) is 20.5. The summed E-state index contributed by atoms with van der Waals surface area (Å²) in [6, 6.07) is 12.3. The number of thioether (sulfide) groups is 1. The third-order valence-electron chi connectivity index (χ3n) is 4.25. The number of halogens is 1. The highest BCUT2D eigenvalue weighted by molar-refractivity contribution is 7.98. The SMILES string of the molecule is COc1ccccc1C(=O)NC(CCSC)C(=O)N(C)Cc1cccc(F)c1. The Hall–Kier alpha value is -2.54. The number of carbonyl (C=O) groups is 2. The highest BCUT2D eigenvalue weighted by Gasteiger charge is 2.25. The molecule has 0 aliphatic heterocycles. The molecular formula is C21H25FN2O3S. The first-order valence-corrected chi connectivity index (χ1v) is 10.3. The van der Waals surface area contributed by atoms with Crippen molar-refractivity contribution in [2.45, 2.75) is 19.0 Å². The number of para-hydroxylation sites is 1. The molecule has 28 heavy (non-hydrogen) atoms. The monoisotopic (exact) mass is 404 g/mol. The summed E-state index contributed by atoms with van der Waals surface area (Å²) in [5, 5.41) is 2.82. The Morgan fingerprint density at radius 3 is 2.64 bits per heavy atom. The molecule has 0 aliphatic carbocycles. The van der Waals surface area contributed by atoms with Gasteiger partial charge in [0.05, 0.1) is 12.7 Å². The van der Waals surface area contributed by atoms with Crippen molar-refractivity contribution < 1.29 is 18.7 Å². The lowest BCUT2D eigenvalue weighted by Crippen LogP contribution is -2.47. The van der Waals surface area contributed by atoms with Crippen molar-refractivity contribution in [3.63, 3.8) is 0 Å². The van der Waals surface area contributed by atoms with Crippen LogP contribution in [0.3, 0.4) is 0 Å². The lowest BCUT2D eigenvalue weighted by Gasteiger charge is -2.25. The van der Waals surface area contributed by atoms with E-state index in [1.165, 1.54) is 24.1 Å². The van der Waals surface area contributed by atoms with Gasteiger partial charge in [-0.2, -0.15) is 11.8 Å². The number of hydrogen-bond donors (Lipinski definition) is 1.